The quantitative estimate of drug-likeness (QED) is 0.929. The van der Waals surface area contributed by atoms with Crippen LogP contribution >= 0.6 is 0 Å². The maximum atomic E-state index is 14.4. The average molecular weight is 326 g/mol. The summed E-state index contributed by atoms with van der Waals surface area (Å²) in [6.07, 6.45) is 6.25. The SMILES string of the molecule is CNS(=O)(=O)c1ccc(N2CCC3CCCCC3C2)c(F)c1. The topological polar surface area (TPSA) is 49.4 Å². The molecule has 22 heavy (non-hydrogen) atoms. The summed E-state index contributed by atoms with van der Waals surface area (Å²) in [5.41, 5.74) is 0.527. The van der Waals surface area contributed by atoms with E-state index in [1.165, 1.54) is 38.8 Å². The minimum absolute atomic E-state index is 0.0243. The summed E-state index contributed by atoms with van der Waals surface area (Å²) in [6.45, 7) is 1.75. The fraction of sp³-hybridized carbons (Fsp3) is 0.625. The summed E-state index contributed by atoms with van der Waals surface area (Å²) in [5, 5.41) is 0. The van der Waals surface area contributed by atoms with Gasteiger partial charge in [-0.05, 0) is 49.9 Å². The molecule has 0 spiro atoms. The standard InChI is InChI=1S/C16H23FN2O2S/c1-18-22(20,21)14-6-7-16(15(17)10-14)19-9-8-12-4-2-3-5-13(12)11-19/h6-7,10,12-13,18H,2-5,8-9,11H2,1H3. The molecule has 1 aromatic carbocycles. The third-order valence-electron chi connectivity index (χ3n) is 5.13. The molecule has 1 aromatic rings. The molecule has 0 amide bonds. The average Bonchev–Trinajstić information content (AvgIpc) is 2.54. The van der Waals surface area contributed by atoms with Gasteiger partial charge < -0.3 is 4.90 Å². The Balaban J connectivity index is 1.80. The van der Waals surface area contributed by atoms with Gasteiger partial charge in [0.15, 0.2) is 0 Å². The lowest BCUT2D eigenvalue weighted by atomic mass is 9.75. The van der Waals surface area contributed by atoms with Gasteiger partial charge in [-0.15, -0.1) is 0 Å². The molecule has 6 heteroatoms. The highest BCUT2D eigenvalue weighted by Gasteiger charge is 2.32. The van der Waals surface area contributed by atoms with E-state index in [9.17, 15) is 12.8 Å². The molecular weight excluding hydrogens is 303 g/mol. The summed E-state index contributed by atoms with van der Waals surface area (Å²) in [4.78, 5) is 2.06. The molecule has 1 aliphatic carbocycles. The van der Waals surface area contributed by atoms with Crippen LogP contribution in [-0.4, -0.2) is 28.6 Å². The molecule has 122 valence electrons. The van der Waals surface area contributed by atoms with Crippen molar-refractivity contribution < 1.29 is 12.8 Å². The van der Waals surface area contributed by atoms with Crippen molar-refractivity contribution in [2.24, 2.45) is 11.8 Å². The zero-order valence-electron chi connectivity index (χ0n) is 12.9. The summed E-state index contributed by atoms with van der Waals surface area (Å²) in [5.74, 6) is 0.991. The zero-order valence-corrected chi connectivity index (χ0v) is 13.7. The molecule has 2 fully saturated rings. The summed E-state index contributed by atoms with van der Waals surface area (Å²) >= 11 is 0. The summed E-state index contributed by atoms with van der Waals surface area (Å²) < 4.78 is 40.1. The number of nitrogens with zero attached hydrogens (tertiary/aromatic N) is 1. The smallest absolute Gasteiger partial charge is 0.240 e. The number of benzene rings is 1. The molecule has 1 N–H and O–H groups in total. The molecule has 4 nitrogen and oxygen atoms in total. The van der Waals surface area contributed by atoms with Crippen molar-refractivity contribution in [3.05, 3.63) is 24.0 Å². The number of hydrogen-bond acceptors (Lipinski definition) is 3. The fourth-order valence-corrected chi connectivity index (χ4v) is 4.59. The number of hydrogen-bond donors (Lipinski definition) is 1. The number of piperidine rings is 1. The van der Waals surface area contributed by atoms with Crippen LogP contribution in [0.1, 0.15) is 32.1 Å². The van der Waals surface area contributed by atoms with Gasteiger partial charge in [-0.2, -0.15) is 0 Å². The van der Waals surface area contributed by atoms with Crippen LogP contribution < -0.4 is 9.62 Å². The maximum absolute atomic E-state index is 14.4. The second kappa shape index (κ2) is 6.16. The van der Waals surface area contributed by atoms with Gasteiger partial charge in [0.2, 0.25) is 10.0 Å². The Kier molecular flexibility index (Phi) is 4.41. The van der Waals surface area contributed by atoms with Gasteiger partial charge in [0.1, 0.15) is 5.82 Å². The second-order valence-electron chi connectivity index (χ2n) is 6.36. The number of sulfonamides is 1. The van der Waals surface area contributed by atoms with Crippen LogP contribution in [0, 0.1) is 17.7 Å². The lowest BCUT2D eigenvalue weighted by molar-refractivity contribution is 0.202. The first-order valence-corrected chi connectivity index (χ1v) is 9.47. The number of anilines is 1. The third-order valence-corrected chi connectivity index (χ3v) is 6.54. The van der Waals surface area contributed by atoms with E-state index in [1.54, 1.807) is 6.07 Å². The third kappa shape index (κ3) is 2.99. The Morgan fingerprint density at radius 3 is 2.59 bits per heavy atom. The van der Waals surface area contributed by atoms with Crippen LogP contribution in [0.4, 0.5) is 10.1 Å². The van der Waals surface area contributed by atoms with Crippen molar-refractivity contribution in [1.29, 1.82) is 0 Å². The lowest BCUT2D eigenvalue weighted by Crippen LogP contribution is -2.42. The van der Waals surface area contributed by atoms with Gasteiger partial charge >= 0.3 is 0 Å². The molecule has 0 radical (unpaired) electrons. The predicted octanol–water partition coefficient (Wildman–Crippen LogP) is 2.75. The normalized spacial score (nSPS) is 25.8. The van der Waals surface area contributed by atoms with Crippen molar-refractivity contribution in [3.63, 3.8) is 0 Å². The first kappa shape index (κ1) is 15.7. The molecule has 2 unspecified atom stereocenters. The van der Waals surface area contributed by atoms with E-state index >= 15 is 0 Å². The van der Waals surface area contributed by atoms with E-state index < -0.39 is 15.8 Å². The van der Waals surface area contributed by atoms with Crippen LogP contribution in [0.2, 0.25) is 0 Å². The first-order chi connectivity index (χ1) is 10.5. The van der Waals surface area contributed by atoms with Crippen molar-refractivity contribution in [2.45, 2.75) is 37.0 Å². The summed E-state index contributed by atoms with van der Waals surface area (Å²) in [6, 6.07) is 4.20. The van der Waals surface area contributed by atoms with Crippen LogP contribution in [0.25, 0.3) is 0 Å². The molecule has 1 heterocycles. The number of halogens is 1. The molecule has 0 aromatic heterocycles. The molecule has 1 saturated heterocycles. The largest absolute Gasteiger partial charge is 0.369 e. The van der Waals surface area contributed by atoms with Crippen LogP contribution in [-0.2, 0) is 10.0 Å². The Labute approximate surface area is 131 Å². The summed E-state index contributed by atoms with van der Waals surface area (Å²) in [7, 11) is -2.27. The van der Waals surface area contributed by atoms with E-state index in [1.807, 2.05) is 0 Å². The minimum Gasteiger partial charge on any atom is -0.369 e. The van der Waals surface area contributed by atoms with Gasteiger partial charge in [0.05, 0.1) is 10.6 Å². The number of nitrogens with one attached hydrogen (secondary N) is 1. The Morgan fingerprint density at radius 1 is 1.18 bits per heavy atom. The van der Waals surface area contributed by atoms with Gasteiger partial charge in [-0.1, -0.05) is 19.3 Å². The maximum Gasteiger partial charge on any atom is 0.240 e. The highest BCUT2D eigenvalue weighted by atomic mass is 32.2. The Bertz CT molecular complexity index is 648. The van der Waals surface area contributed by atoms with Crippen molar-refractivity contribution in [3.8, 4) is 0 Å². The van der Waals surface area contributed by atoms with Crippen molar-refractivity contribution in [1.82, 2.24) is 4.72 Å². The van der Waals surface area contributed by atoms with Crippen molar-refractivity contribution >= 4 is 15.7 Å². The fourth-order valence-electron chi connectivity index (χ4n) is 3.85. The number of fused-ring (bicyclic) bond motifs is 1. The molecule has 1 aliphatic heterocycles. The van der Waals surface area contributed by atoms with E-state index in [2.05, 4.69) is 9.62 Å². The highest BCUT2D eigenvalue weighted by molar-refractivity contribution is 7.89. The van der Waals surface area contributed by atoms with Gasteiger partial charge in [-0.25, -0.2) is 17.5 Å². The predicted molar refractivity (Wildman–Crippen MR) is 84.9 cm³/mol. The highest BCUT2D eigenvalue weighted by Crippen LogP contribution is 2.38. The number of rotatable bonds is 3. The Morgan fingerprint density at radius 2 is 1.91 bits per heavy atom. The molecule has 2 aliphatic rings. The molecule has 1 saturated carbocycles. The van der Waals surface area contributed by atoms with Crippen LogP contribution in [0.5, 0.6) is 0 Å². The monoisotopic (exact) mass is 326 g/mol. The van der Waals surface area contributed by atoms with Crippen molar-refractivity contribution in [2.75, 3.05) is 25.0 Å². The molecule has 2 atom stereocenters. The van der Waals surface area contributed by atoms with Gasteiger partial charge in [-0.3, -0.25) is 0 Å². The second-order valence-corrected chi connectivity index (χ2v) is 8.25. The van der Waals surface area contributed by atoms with Crippen LogP contribution in [0.3, 0.4) is 0 Å². The van der Waals surface area contributed by atoms with E-state index in [0.29, 0.717) is 11.6 Å². The minimum atomic E-state index is -3.60. The lowest BCUT2D eigenvalue weighted by Gasteiger charge is -2.42. The van der Waals surface area contributed by atoms with E-state index in [4.69, 9.17) is 0 Å². The van der Waals surface area contributed by atoms with Gasteiger partial charge in [0, 0.05) is 13.1 Å². The zero-order chi connectivity index (χ0) is 15.7. The first-order valence-electron chi connectivity index (χ1n) is 7.99. The molecular formula is C16H23FN2O2S. The van der Waals surface area contributed by atoms with E-state index in [0.717, 1.165) is 31.5 Å². The molecule has 3 rings (SSSR count). The molecule has 0 bridgehead atoms. The Hall–Kier alpha value is -1.14. The van der Waals surface area contributed by atoms with Gasteiger partial charge in [0.25, 0.3) is 0 Å². The van der Waals surface area contributed by atoms with Crippen LogP contribution in [0.15, 0.2) is 23.1 Å². The van der Waals surface area contributed by atoms with E-state index in [-0.39, 0.29) is 4.90 Å².